The van der Waals surface area contributed by atoms with Gasteiger partial charge >= 0.3 is 11.9 Å². The van der Waals surface area contributed by atoms with Crippen LogP contribution in [-0.2, 0) is 19.1 Å². The summed E-state index contributed by atoms with van der Waals surface area (Å²) in [5.74, 6) is -1.30. The maximum absolute atomic E-state index is 12.3. The van der Waals surface area contributed by atoms with Gasteiger partial charge in [-0.15, -0.1) is 0 Å². The van der Waals surface area contributed by atoms with E-state index < -0.39 is 36.5 Å². The molecule has 0 spiro atoms. The molecule has 8 heteroatoms. The number of aliphatic hydroxyl groups excluding tert-OH is 1. The highest BCUT2D eigenvalue weighted by atomic mass is 17.1. The van der Waals surface area contributed by atoms with Crippen molar-refractivity contribution >= 4 is 11.9 Å². The number of aliphatic hydroxyl groups is 1. The van der Waals surface area contributed by atoms with Crippen LogP contribution in [0.25, 0.3) is 0 Å². The first-order valence-corrected chi connectivity index (χ1v) is 8.22. The van der Waals surface area contributed by atoms with Crippen LogP contribution in [0.15, 0.2) is 60.7 Å². The number of carbonyl (C=O) groups is 2. The maximum Gasteiger partial charge on any atom is 0.338 e. The second-order valence-corrected chi connectivity index (χ2v) is 5.84. The number of hydrogen-bond donors (Lipinski definition) is 2. The van der Waals surface area contributed by atoms with Crippen molar-refractivity contribution in [1.29, 1.82) is 0 Å². The summed E-state index contributed by atoms with van der Waals surface area (Å²) < 4.78 is 15.7. The van der Waals surface area contributed by atoms with E-state index in [1.807, 2.05) is 0 Å². The van der Waals surface area contributed by atoms with Crippen molar-refractivity contribution in [3.63, 3.8) is 0 Å². The molecule has 142 valence electrons. The van der Waals surface area contributed by atoms with E-state index in [1.54, 1.807) is 60.7 Å². The Morgan fingerprint density at radius 3 is 2.00 bits per heavy atom. The lowest BCUT2D eigenvalue weighted by Crippen LogP contribution is -2.40. The zero-order chi connectivity index (χ0) is 19.2. The van der Waals surface area contributed by atoms with Gasteiger partial charge in [-0.25, -0.2) is 14.5 Å². The maximum atomic E-state index is 12.3. The van der Waals surface area contributed by atoms with Crippen LogP contribution >= 0.6 is 0 Å². The summed E-state index contributed by atoms with van der Waals surface area (Å²) >= 11 is 0. The summed E-state index contributed by atoms with van der Waals surface area (Å²) in [6, 6.07) is 16.5. The molecule has 0 radical (unpaired) electrons. The molecule has 0 unspecified atom stereocenters. The number of ether oxygens (including phenoxy) is 3. The molecule has 0 amide bonds. The fourth-order valence-electron chi connectivity index (χ4n) is 2.68. The zero-order valence-electron chi connectivity index (χ0n) is 14.1. The summed E-state index contributed by atoms with van der Waals surface area (Å²) in [5, 5.41) is 18.9. The van der Waals surface area contributed by atoms with Crippen LogP contribution in [0.3, 0.4) is 0 Å². The van der Waals surface area contributed by atoms with E-state index in [4.69, 9.17) is 19.5 Å². The molecular formula is C19H18O8. The predicted octanol–water partition coefficient (Wildman–Crippen LogP) is 1.64. The fourth-order valence-corrected chi connectivity index (χ4v) is 2.68. The Labute approximate surface area is 154 Å². The smallest absolute Gasteiger partial charge is 0.338 e. The molecule has 1 aliphatic rings. The highest BCUT2D eigenvalue weighted by Crippen LogP contribution is 2.26. The van der Waals surface area contributed by atoms with Gasteiger partial charge in [-0.2, -0.15) is 0 Å². The van der Waals surface area contributed by atoms with Gasteiger partial charge in [0.25, 0.3) is 0 Å². The van der Waals surface area contributed by atoms with Gasteiger partial charge < -0.3 is 19.3 Å². The highest BCUT2D eigenvalue weighted by molar-refractivity contribution is 5.90. The van der Waals surface area contributed by atoms with Crippen molar-refractivity contribution in [2.24, 2.45) is 0 Å². The zero-order valence-corrected chi connectivity index (χ0v) is 14.1. The van der Waals surface area contributed by atoms with Gasteiger partial charge in [0.05, 0.1) is 11.1 Å². The quantitative estimate of drug-likeness (QED) is 0.446. The molecule has 3 rings (SSSR count). The summed E-state index contributed by atoms with van der Waals surface area (Å²) in [6.45, 7) is -0.308. The van der Waals surface area contributed by atoms with Gasteiger partial charge in [0.2, 0.25) is 0 Å². The van der Waals surface area contributed by atoms with Gasteiger partial charge in [-0.05, 0) is 24.3 Å². The Morgan fingerprint density at radius 1 is 0.889 bits per heavy atom. The molecule has 1 aliphatic heterocycles. The van der Waals surface area contributed by atoms with Gasteiger partial charge in [0, 0.05) is 0 Å². The van der Waals surface area contributed by atoms with Crippen LogP contribution in [0.2, 0.25) is 0 Å². The van der Waals surface area contributed by atoms with Crippen molar-refractivity contribution in [3.8, 4) is 0 Å². The molecule has 1 heterocycles. The van der Waals surface area contributed by atoms with Gasteiger partial charge in [-0.1, -0.05) is 36.4 Å². The van der Waals surface area contributed by atoms with Gasteiger partial charge in [0.1, 0.15) is 12.7 Å². The Hall–Kier alpha value is -2.78. The molecule has 1 fully saturated rings. The van der Waals surface area contributed by atoms with E-state index in [2.05, 4.69) is 4.89 Å². The largest absolute Gasteiger partial charge is 0.459 e. The van der Waals surface area contributed by atoms with Crippen molar-refractivity contribution < 1.29 is 39.1 Å². The molecule has 1 saturated heterocycles. The summed E-state index contributed by atoms with van der Waals surface area (Å²) in [6.07, 6.45) is -5.08. The number of carbonyl (C=O) groups excluding carboxylic acids is 2. The van der Waals surface area contributed by atoms with Gasteiger partial charge in [-0.3, -0.25) is 5.26 Å². The Kier molecular flexibility index (Phi) is 6.15. The van der Waals surface area contributed by atoms with Gasteiger partial charge in [0.15, 0.2) is 18.5 Å². The molecule has 2 aromatic carbocycles. The molecule has 2 N–H and O–H groups in total. The van der Waals surface area contributed by atoms with Crippen molar-refractivity contribution in [3.05, 3.63) is 71.8 Å². The van der Waals surface area contributed by atoms with E-state index in [1.165, 1.54) is 0 Å². The Bertz CT molecular complexity index is 764. The average molecular weight is 374 g/mol. The molecule has 0 aliphatic carbocycles. The van der Waals surface area contributed by atoms with Crippen molar-refractivity contribution in [2.75, 3.05) is 6.61 Å². The van der Waals surface area contributed by atoms with Crippen LogP contribution in [0, 0.1) is 0 Å². The van der Waals surface area contributed by atoms with Crippen LogP contribution in [0.1, 0.15) is 20.7 Å². The van der Waals surface area contributed by atoms with Crippen LogP contribution in [-0.4, -0.2) is 53.5 Å². The van der Waals surface area contributed by atoms with E-state index in [-0.39, 0.29) is 12.2 Å². The lowest BCUT2D eigenvalue weighted by Gasteiger charge is -2.21. The van der Waals surface area contributed by atoms with E-state index >= 15 is 0 Å². The lowest BCUT2D eigenvalue weighted by atomic mass is 10.1. The minimum absolute atomic E-state index is 0.274. The van der Waals surface area contributed by atoms with Crippen molar-refractivity contribution in [1.82, 2.24) is 0 Å². The van der Waals surface area contributed by atoms with E-state index in [9.17, 15) is 14.7 Å². The first-order chi connectivity index (χ1) is 13.1. The Balaban J connectivity index is 1.67. The van der Waals surface area contributed by atoms with Crippen molar-refractivity contribution in [2.45, 2.75) is 24.6 Å². The monoisotopic (exact) mass is 374 g/mol. The molecule has 0 aromatic heterocycles. The molecule has 8 nitrogen and oxygen atoms in total. The molecule has 0 saturated carbocycles. The number of hydrogen-bond acceptors (Lipinski definition) is 8. The highest BCUT2D eigenvalue weighted by Gasteiger charge is 2.48. The third-order valence-electron chi connectivity index (χ3n) is 4.05. The third kappa shape index (κ3) is 4.50. The molecule has 2 aromatic rings. The summed E-state index contributed by atoms with van der Waals surface area (Å²) in [7, 11) is 0. The third-order valence-corrected chi connectivity index (χ3v) is 4.05. The topological polar surface area (TPSA) is 112 Å². The molecule has 0 bridgehead atoms. The van der Waals surface area contributed by atoms with Crippen LogP contribution in [0.5, 0.6) is 0 Å². The summed E-state index contributed by atoms with van der Waals surface area (Å²) in [5.41, 5.74) is 0.611. The average Bonchev–Trinajstić information content (AvgIpc) is 3.01. The number of rotatable bonds is 6. The predicted molar refractivity (Wildman–Crippen MR) is 90.8 cm³/mol. The SMILES string of the molecule is O=C(OC[C@@H]1O[C@@H](O)[C@@H](OO)[C@H]1OC(=O)c1ccccc1)c1ccccc1. The molecule has 4 atom stereocenters. The number of benzene rings is 2. The first kappa shape index (κ1) is 19.0. The standard InChI is InChI=1S/C19H18O8/c20-17(12-7-3-1-4-8-12)24-11-14-15(16(27-23)19(22)25-14)26-18(21)13-9-5-2-6-10-13/h1-10,14-16,19,22-23H,11H2/t14-,15-,16-,19+/m0/s1. The summed E-state index contributed by atoms with van der Waals surface area (Å²) in [4.78, 5) is 28.5. The minimum Gasteiger partial charge on any atom is -0.459 e. The van der Waals surface area contributed by atoms with E-state index in [0.29, 0.717) is 5.56 Å². The number of esters is 2. The van der Waals surface area contributed by atoms with Crippen LogP contribution < -0.4 is 0 Å². The lowest BCUT2D eigenvalue weighted by molar-refractivity contribution is -0.316. The first-order valence-electron chi connectivity index (χ1n) is 8.22. The normalized spacial score (nSPS) is 24.4. The fraction of sp³-hybridized carbons (Fsp3) is 0.263. The second kappa shape index (κ2) is 8.74. The van der Waals surface area contributed by atoms with E-state index in [0.717, 1.165) is 0 Å². The van der Waals surface area contributed by atoms with Crippen LogP contribution in [0.4, 0.5) is 0 Å². The molecular weight excluding hydrogens is 356 g/mol. The molecule has 27 heavy (non-hydrogen) atoms. The second-order valence-electron chi connectivity index (χ2n) is 5.84. The minimum atomic E-state index is -1.55. The Morgan fingerprint density at radius 2 is 1.44 bits per heavy atom.